The van der Waals surface area contributed by atoms with E-state index in [1.807, 2.05) is 0 Å². The molecule has 0 aliphatic rings. The monoisotopic (exact) mass is 357 g/mol. The van der Waals surface area contributed by atoms with Crippen LogP contribution in [0.5, 0.6) is 5.75 Å². The molecule has 1 aromatic carbocycles. The number of nitro groups is 1. The number of methoxy groups -OCH3 is 1. The third-order valence-electron chi connectivity index (χ3n) is 2.31. The molecule has 0 saturated heterocycles. The van der Waals surface area contributed by atoms with E-state index in [1.165, 1.54) is 7.11 Å². The summed E-state index contributed by atoms with van der Waals surface area (Å²) in [5.74, 6) is 0.198. The largest absolute Gasteiger partial charge is 0.496 e. The van der Waals surface area contributed by atoms with Gasteiger partial charge in [0.2, 0.25) is 0 Å². The van der Waals surface area contributed by atoms with Gasteiger partial charge in [-0.2, -0.15) is 0 Å². The molecule has 0 aliphatic heterocycles. The molecule has 20 heavy (non-hydrogen) atoms. The Hall–Kier alpha value is -2.00. The van der Waals surface area contributed by atoms with Gasteiger partial charge in [-0.25, -0.2) is 4.98 Å². The molecular formula is C11H8BrN3O4S. The number of carbonyl (C=O) groups excluding carboxylic acids is 1. The number of rotatable bonds is 4. The van der Waals surface area contributed by atoms with E-state index in [1.54, 1.807) is 18.2 Å². The van der Waals surface area contributed by atoms with E-state index in [2.05, 4.69) is 26.2 Å². The van der Waals surface area contributed by atoms with Crippen molar-refractivity contribution in [3.63, 3.8) is 0 Å². The average molecular weight is 358 g/mol. The van der Waals surface area contributed by atoms with Gasteiger partial charge in [-0.15, -0.1) is 0 Å². The highest BCUT2D eigenvalue weighted by atomic mass is 79.9. The maximum Gasteiger partial charge on any atom is 0.345 e. The number of nitrogens with one attached hydrogen (secondary N) is 1. The maximum atomic E-state index is 12.0. The number of aromatic nitrogens is 1. The van der Waals surface area contributed by atoms with Crippen molar-refractivity contribution in [3.8, 4) is 5.75 Å². The number of hydrogen-bond acceptors (Lipinski definition) is 6. The van der Waals surface area contributed by atoms with Crippen LogP contribution in [0.4, 0.5) is 10.1 Å². The Balaban J connectivity index is 2.15. The number of thiazole rings is 1. The highest BCUT2D eigenvalue weighted by Crippen LogP contribution is 2.27. The molecule has 1 aromatic heterocycles. The third-order valence-corrected chi connectivity index (χ3v) is 3.79. The zero-order chi connectivity index (χ0) is 14.7. The van der Waals surface area contributed by atoms with Gasteiger partial charge in [0.1, 0.15) is 11.9 Å². The highest BCUT2D eigenvalue weighted by molar-refractivity contribution is 9.10. The molecule has 2 aromatic rings. The minimum atomic E-state index is -0.558. The van der Waals surface area contributed by atoms with Crippen LogP contribution < -0.4 is 10.1 Å². The fourth-order valence-corrected chi connectivity index (χ4v) is 2.55. The summed E-state index contributed by atoms with van der Waals surface area (Å²) in [7, 11) is 1.52. The molecule has 9 heteroatoms. The third kappa shape index (κ3) is 3.11. The first-order chi connectivity index (χ1) is 9.51. The Morgan fingerprint density at radius 3 is 2.85 bits per heavy atom. The van der Waals surface area contributed by atoms with Crippen molar-refractivity contribution in [2.75, 3.05) is 12.4 Å². The highest BCUT2D eigenvalue weighted by Gasteiger charge is 2.15. The summed E-state index contributed by atoms with van der Waals surface area (Å²) in [6.07, 6.45) is 1.10. The van der Waals surface area contributed by atoms with Gasteiger partial charge in [0.05, 0.1) is 16.5 Å². The van der Waals surface area contributed by atoms with Crippen molar-refractivity contribution in [2.45, 2.75) is 0 Å². The summed E-state index contributed by atoms with van der Waals surface area (Å²) >= 11 is 4.07. The van der Waals surface area contributed by atoms with Crippen LogP contribution >= 0.6 is 27.3 Å². The Kier molecular flexibility index (Phi) is 4.30. The fraction of sp³-hybridized carbons (Fsp3) is 0.0909. The summed E-state index contributed by atoms with van der Waals surface area (Å²) in [6.45, 7) is 0. The second-order valence-corrected chi connectivity index (χ2v) is 5.43. The van der Waals surface area contributed by atoms with Crippen LogP contribution in [0.3, 0.4) is 0 Å². The van der Waals surface area contributed by atoms with E-state index in [-0.39, 0.29) is 10.1 Å². The quantitative estimate of drug-likeness (QED) is 0.670. The number of amides is 1. The van der Waals surface area contributed by atoms with Gasteiger partial charge in [0, 0.05) is 5.56 Å². The van der Waals surface area contributed by atoms with Crippen molar-refractivity contribution in [2.24, 2.45) is 0 Å². The molecule has 0 spiro atoms. The number of anilines is 1. The molecular weight excluding hydrogens is 350 g/mol. The van der Waals surface area contributed by atoms with Crippen LogP contribution in [0.1, 0.15) is 10.4 Å². The lowest BCUT2D eigenvalue weighted by molar-refractivity contribution is -0.380. The summed E-state index contributed by atoms with van der Waals surface area (Å²) in [5.41, 5.74) is 0.385. The predicted octanol–water partition coefficient (Wildman–Crippen LogP) is 3.07. The lowest BCUT2D eigenvalue weighted by atomic mass is 10.2. The summed E-state index contributed by atoms with van der Waals surface area (Å²) in [4.78, 5) is 25.7. The van der Waals surface area contributed by atoms with Gasteiger partial charge >= 0.3 is 5.00 Å². The first-order valence-corrected chi connectivity index (χ1v) is 6.87. The molecule has 0 radical (unpaired) electrons. The number of ether oxygens (including phenoxy) is 1. The fourth-order valence-electron chi connectivity index (χ4n) is 1.38. The van der Waals surface area contributed by atoms with E-state index in [0.29, 0.717) is 15.8 Å². The molecule has 2 rings (SSSR count). The number of halogens is 1. The van der Waals surface area contributed by atoms with Gasteiger partial charge in [0.25, 0.3) is 5.91 Å². The maximum absolute atomic E-state index is 12.0. The lowest BCUT2D eigenvalue weighted by Crippen LogP contribution is -2.11. The second kappa shape index (κ2) is 5.97. The van der Waals surface area contributed by atoms with Crippen LogP contribution in [0.2, 0.25) is 0 Å². The van der Waals surface area contributed by atoms with E-state index >= 15 is 0 Å². The Bertz CT molecular complexity index is 673. The number of carbonyl (C=O) groups is 1. The van der Waals surface area contributed by atoms with Crippen molar-refractivity contribution in [1.82, 2.24) is 4.98 Å². The topological polar surface area (TPSA) is 94.4 Å². The summed E-state index contributed by atoms with van der Waals surface area (Å²) in [6, 6.07) is 4.82. The summed E-state index contributed by atoms with van der Waals surface area (Å²) in [5, 5.41) is 13.1. The van der Waals surface area contributed by atoms with Gasteiger partial charge in [-0.1, -0.05) is 0 Å². The van der Waals surface area contributed by atoms with Gasteiger partial charge in [-0.3, -0.25) is 20.2 Å². The van der Waals surface area contributed by atoms with Crippen LogP contribution in [0.25, 0.3) is 0 Å². The average Bonchev–Trinajstić information content (AvgIpc) is 2.87. The smallest absolute Gasteiger partial charge is 0.345 e. The van der Waals surface area contributed by atoms with E-state index in [0.717, 1.165) is 17.5 Å². The molecule has 0 bridgehead atoms. The minimum Gasteiger partial charge on any atom is -0.496 e. The molecule has 7 nitrogen and oxygen atoms in total. The molecule has 0 fully saturated rings. The molecule has 0 unspecified atom stereocenters. The molecule has 0 atom stereocenters. The van der Waals surface area contributed by atoms with E-state index < -0.39 is 10.8 Å². The molecule has 1 amide bonds. The number of hydrogen-bond donors (Lipinski definition) is 1. The predicted molar refractivity (Wildman–Crippen MR) is 77.4 cm³/mol. The first-order valence-electron chi connectivity index (χ1n) is 5.26. The van der Waals surface area contributed by atoms with Crippen molar-refractivity contribution in [1.29, 1.82) is 0 Å². The number of nitrogens with zero attached hydrogens (tertiary/aromatic N) is 2. The van der Waals surface area contributed by atoms with Crippen LogP contribution in [-0.2, 0) is 0 Å². The van der Waals surface area contributed by atoms with Crippen LogP contribution in [0, 0.1) is 10.1 Å². The van der Waals surface area contributed by atoms with E-state index in [9.17, 15) is 14.9 Å². The van der Waals surface area contributed by atoms with Crippen molar-refractivity contribution in [3.05, 3.63) is 44.5 Å². The first kappa shape index (κ1) is 14.4. The molecule has 1 N–H and O–H groups in total. The molecule has 104 valence electrons. The van der Waals surface area contributed by atoms with Crippen molar-refractivity contribution >= 4 is 43.3 Å². The van der Waals surface area contributed by atoms with Gasteiger partial charge in [0.15, 0.2) is 5.13 Å². The number of benzene rings is 1. The van der Waals surface area contributed by atoms with Gasteiger partial charge < -0.3 is 4.74 Å². The Morgan fingerprint density at radius 2 is 2.30 bits per heavy atom. The van der Waals surface area contributed by atoms with Crippen LogP contribution in [-0.4, -0.2) is 22.9 Å². The standard InChI is InChI=1S/C11H8BrN3O4S/c1-19-8-3-2-6(4-7(8)12)10(16)14-11-13-5-9(20-11)15(17)18/h2-5H,1H3,(H,13,14,16). The zero-order valence-electron chi connectivity index (χ0n) is 10.1. The van der Waals surface area contributed by atoms with Gasteiger partial charge in [-0.05, 0) is 45.5 Å². The zero-order valence-corrected chi connectivity index (χ0v) is 12.5. The van der Waals surface area contributed by atoms with Crippen molar-refractivity contribution < 1.29 is 14.5 Å². The lowest BCUT2D eigenvalue weighted by Gasteiger charge is -2.05. The van der Waals surface area contributed by atoms with E-state index in [4.69, 9.17) is 4.74 Å². The Labute approximate surface area is 125 Å². The molecule has 0 aliphatic carbocycles. The summed E-state index contributed by atoms with van der Waals surface area (Å²) < 4.78 is 5.70. The minimum absolute atomic E-state index is 0.129. The molecule has 0 saturated carbocycles. The van der Waals surface area contributed by atoms with Crippen LogP contribution in [0.15, 0.2) is 28.9 Å². The molecule has 1 heterocycles. The second-order valence-electron chi connectivity index (χ2n) is 3.56. The Morgan fingerprint density at radius 1 is 1.55 bits per heavy atom. The normalized spacial score (nSPS) is 10.1. The SMILES string of the molecule is COc1ccc(C(=O)Nc2ncc([N+](=O)[O-])s2)cc1Br.